The second kappa shape index (κ2) is 8.20. The lowest BCUT2D eigenvalue weighted by Crippen LogP contribution is -2.07. The fourth-order valence-electron chi connectivity index (χ4n) is 4.11. The number of fused-ring (bicyclic) bond motifs is 1. The summed E-state index contributed by atoms with van der Waals surface area (Å²) in [6.45, 7) is 0. The van der Waals surface area contributed by atoms with Gasteiger partial charge in [-0.2, -0.15) is 0 Å². The van der Waals surface area contributed by atoms with Crippen LogP contribution in [0.3, 0.4) is 0 Å². The van der Waals surface area contributed by atoms with Crippen LogP contribution in [0.25, 0.3) is 34.1 Å². The first-order valence-corrected chi connectivity index (χ1v) is 10.6. The number of ether oxygens (including phenoxy) is 1. The fraction of sp³-hybridized carbons (Fsp3) is 0.0690. The molecule has 0 atom stereocenters. The number of carbonyl (C=O) groups is 1. The lowest BCUT2D eigenvalue weighted by atomic mass is 9.89. The molecule has 4 aromatic rings. The van der Waals surface area contributed by atoms with Crippen LogP contribution < -0.4 is 4.90 Å². The van der Waals surface area contributed by atoms with Gasteiger partial charge in [-0.3, -0.25) is 0 Å². The number of esters is 1. The predicted molar refractivity (Wildman–Crippen MR) is 131 cm³/mol. The lowest BCUT2D eigenvalue weighted by Gasteiger charge is -2.13. The topological polar surface area (TPSA) is 29.5 Å². The Hall–Kier alpha value is -4.11. The monoisotopic (exact) mass is 417 g/mol. The molecule has 0 unspecified atom stereocenters. The Morgan fingerprint density at radius 1 is 0.656 bits per heavy atom. The van der Waals surface area contributed by atoms with E-state index < -0.39 is 0 Å². The first-order valence-electron chi connectivity index (χ1n) is 10.6. The van der Waals surface area contributed by atoms with E-state index in [2.05, 4.69) is 35.2 Å². The molecule has 0 aliphatic carbocycles. The summed E-state index contributed by atoms with van der Waals surface area (Å²) in [5.74, 6) is 0.270. The van der Waals surface area contributed by atoms with Gasteiger partial charge in [0.05, 0.1) is 5.56 Å². The van der Waals surface area contributed by atoms with Gasteiger partial charge in [0.1, 0.15) is 5.76 Å². The normalized spacial score (nSPS) is 13.7. The molecule has 32 heavy (non-hydrogen) atoms. The maximum atomic E-state index is 13.1. The molecule has 1 aliphatic heterocycles. The number of carbonyl (C=O) groups excluding carboxylic acids is 1. The summed E-state index contributed by atoms with van der Waals surface area (Å²) < 4.78 is 5.85. The van der Waals surface area contributed by atoms with E-state index in [1.165, 1.54) is 0 Å². The number of anilines is 1. The van der Waals surface area contributed by atoms with Crippen LogP contribution in [0.5, 0.6) is 0 Å². The SMILES string of the molecule is CN(C)c1ccc(C=C2OC(=O)c3c(-c4ccccc4)ccc(-c4ccccc4)c32)cc1. The zero-order chi connectivity index (χ0) is 22.1. The van der Waals surface area contributed by atoms with Crippen LogP contribution in [-0.4, -0.2) is 20.1 Å². The van der Waals surface area contributed by atoms with Gasteiger partial charge in [0.25, 0.3) is 0 Å². The van der Waals surface area contributed by atoms with Crippen LogP contribution >= 0.6 is 0 Å². The maximum absolute atomic E-state index is 13.1. The number of rotatable bonds is 4. The molecule has 3 nitrogen and oxygen atoms in total. The highest BCUT2D eigenvalue weighted by atomic mass is 16.5. The van der Waals surface area contributed by atoms with Crippen LogP contribution in [0.15, 0.2) is 97.1 Å². The van der Waals surface area contributed by atoms with E-state index in [9.17, 15) is 4.79 Å². The van der Waals surface area contributed by atoms with E-state index in [0.717, 1.165) is 39.1 Å². The van der Waals surface area contributed by atoms with Crippen molar-refractivity contribution >= 4 is 23.5 Å². The molecular formula is C29H23NO2. The molecule has 0 spiro atoms. The molecule has 0 aromatic heterocycles. The van der Waals surface area contributed by atoms with Gasteiger partial charge >= 0.3 is 5.97 Å². The molecule has 0 N–H and O–H groups in total. The highest BCUT2D eigenvalue weighted by Gasteiger charge is 2.32. The highest BCUT2D eigenvalue weighted by molar-refractivity contribution is 6.13. The first-order chi connectivity index (χ1) is 15.6. The minimum absolute atomic E-state index is 0.312. The van der Waals surface area contributed by atoms with Gasteiger partial charge in [0.15, 0.2) is 0 Å². The summed E-state index contributed by atoms with van der Waals surface area (Å²) >= 11 is 0. The van der Waals surface area contributed by atoms with Crippen molar-refractivity contribution in [2.24, 2.45) is 0 Å². The Kier molecular flexibility index (Phi) is 5.08. The molecule has 0 fully saturated rings. The largest absolute Gasteiger partial charge is 0.422 e. The number of benzene rings is 4. The number of nitrogens with zero attached hydrogens (tertiary/aromatic N) is 1. The minimum atomic E-state index is -0.312. The zero-order valence-electron chi connectivity index (χ0n) is 18.1. The van der Waals surface area contributed by atoms with Gasteiger partial charge in [-0.15, -0.1) is 0 Å². The standard InChI is InChI=1S/C29H23NO2/c1-30(2)23-15-13-20(14-16-23)19-26-27-24(21-9-5-3-6-10-21)17-18-25(28(27)29(31)32-26)22-11-7-4-8-12-22/h3-19H,1-2H3. The third kappa shape index (κ3) is 3.58. The number of hydrogen-bond acceptors (Lipinski definition) is 3. The summed E-state index contributed by atoms with van der Waals surface area (Å²) in [4.78, 5) is 15.2. The molecule has 1 aliphatic rings. The van der Waals surface area contributed by atoms with E-state index in [1.807, 2.05) is 86.9 Å². The molecule has 156 valence electrons. The van der Waals surface area contributed by atoms with E-state index in [-0.39, 0.29) is 5.97 Å². The average Bonchev–Trinajstić information content (AvgIpc) is 3.16. The molecule has 0 radical (unpaired) electrons. The molecule has 0 saturated heterocycles. The summed E-state index contributed by atoms with van der Waals surface area (Å²) in [7, 11) is 4.03. The third-order valence-corrected chi connectivity index (χ3v) is 5.74. The first kappa shape index (κ1) is 19.8. The third-order valence-electron chi connectivity index (χ3n) is 5.74. The Morgan fingerprint density at radius 3 is 1.72 bits per heavy atom. The fourth-order valence-corrected chi connectivity index (χ4v) is 4.11. The lowest BCUT2D eigenvalue weighted by molar-refractivity contribution is 0.0718. The van der Waals surface area contributed by atoms with Crippen molar-refractivity contribution < 1.29 is 9.53 Å². The summed E-state index contributed by atoms with van der Waals surface area (Å²) in [5.41, 5.74) is 7.49. The Labute approximate surface area is 188 Å². The average molecular weight is 418 g/mol. The van der Waals surface area contributed by atoms with Gasteiger partial charge in [0.2, 0.25) is 0 Å². The van der Waals surface area contributed by atoms with Crippen molar-refractivity contribution in [3.63, 3.8) is 0 Å². The van der Waals surface area contributed by atoms with Crippen molar-refractivity contribution in [1.82, 2.24) is 0 Å². The Morgan fingerprint density at radius 2 is 1.19 bits per heavy atom. The van der Waals surface area contributed by atoms with Gasteiger partial charge in [0, 0.05) is 25.3 Å². The summed E-state index contributed by atoms with van der Waals surface area (Å²) in [5, 5.41) is 0. The van der Waals surface area contributed by atoms with Crippen LogP contribution in [0.2, 0.25) is 0 Å². The van der Waals surface area contributed by atoms with E-state index in [4.69, 9.17) is 4.74 Å². The summed E-state index contributed by atoms with van der Waals surface area (Å²) in [6.07, 6.45) is 1.95. The number of cyclic esters (lactones) is 1. The Balaban J connectivity index is 1.71. The van der Waals surface area contributed by atoms with E-state index in [1.54, 1.807) is 0 Å². The van der Waals surface area contributed by atoms with Gasteiger partial charge in [-0.25, -0.2) is 4.79 Å². The van der Waals surface area contributed by atoms with Crippen molar-refractivity contribution in [3.8, 4) is 22.3 Å². The van der Waals surface area contributed by atoms with Crippen molar-refractivity contribution in [2.45, 2.75) is 0 Å². The molecule has 3 heteroatoms. The van der Waals surface area contributed by atoms with Crippen LogP contribution in [0.1, 0.15) is 21.5 Å². The molecule has 5 rings (SSSR count). The maximum Gasteiger partial charge on any atom is 0.344 e. The van der Waals surface area contributed by atoms with Crippen LogP contribution in [0.4, 0.5) is 5.69 Å². The smallest absolute Gasteiger partial charge is 0.344 e. The highest BCUT2D eigenvalue weighted by Crippen LogP contribution is 2.43. The van der Waals surface area contributed by atoms with Crippen molar-refractivity contribution in [1.29, 1.82) is 0 Å². The summed E-state index contributed by atoms with van der Waals surface area (Å²) in [6, 6.07) is 32.4. The van der Waals surface area contributed by atoms with Gasteiger partial charge < -0.3 is 9.64 Å². The van der Waals surface area contributed by atoms with E-state index in [0.29, 0.717) is 11.3 Å². The molecule has 0 bridgehead atoms. The minimum Gasteiger partial charge on any atom is -0.422 e. The quantitative estimate of drug-likeness (QED) is 0.344. The van der Waals surface area contributed by atoms with Crippen LogP contribution in [-0.2, 0) is 4.74 Å². The molecule has 0 saturated carbocycles. The van der Waals surface area contributed by atoms with E-state index >= 15 is 0 Å². The van der Waals surface area contributed by atoms with Crippen molar-refractivity contribution in [3.05, 3.63) is 114 Å². The number of hydrogen-bond donors (Lipinski definition) is 0. The molecular weight excluding hydrogens is 394 g/mol. The van der Waals surface area contributed by atoms with Crippen molar-refractivity contribution in [2.75, 3.05) is 19.0 Å². The molecule has 1 heterocycles. The Bertz CT molecular complexity index is 1300. The van der Waals surface area contributed by atoms with Gasteiger partial charge in [-0.05, 0) is 46.0 Å². The molecule has 4 aromatic carbocycles. The van der Waals surface area contributed by atoms with Gasteiger partial charge in [-0.1, -0.05) is 84.9 Å². The van der Waals surface area contributed by atoms with Crippen LogP contribution in [0, 0.1) is 0 Å². The second-order valence-corrected chi connectivity index (χ2v) is 8.03. The predicted octanol–water partition coefficient (Wildman–Crippen LogP) is 6.76. The second-order valence-electron chi connectivity index (χ2n) is 8.03. The molecule has 0 amide bonds. The zero-order valence-corrected chi connectivity index (χ0v) is 18.1.